The Bertz CT molecular complexity index is 827. The van der Waals surface area contributed by atoms with Gasteiger partial charge in [0.1, 0.15) is 0 Å². The molecule has 26 heavy (non-hydrogen) atoms. The van der Waals surface area contributed by atoms with Crippen LogP contribution in [0.1, 0.15) is 44.8 Å². The molecular weight excluding hydrogens is 356 g/mol. The van der Waals surface area contributed by atoms with Crippen LogP contribution in [-0.4, -0.2) is 48.9 Å². The quantitative estimate of drug-likeness (QED) is 0.789. The molecule has 0 unspecified atom stereocenters. The molecule has 1 aromatic heterocycles. The monoisotopic (exact) mass is 382 g/mol. The van der Waals surface area contributed by atoms with Gasteiger partial charge in [0.15, 0.2) is 9.84 Å². The van der Waals surface area contributed by atoms with Gasteiger partial charge in [-0.1, -0.05) is 6.92 Å². The molecule has 0 aliphatic carbocycles. The molecule has 0 saturated carbocycles. The number of carbonyl (C=O) groups excluding carboxylic acids is 1. The Kier molecular flexibility index (Phi) is 5.36. The number of nitrogens with zero attached hydrogens (tertiary/aromatic N) is 2. The van der Waals surface area contributed by atoms with Crippen molar-refractivity contribution in [3.05, 3.63) is 22.1 Å². The number of anilines is 1. The highest BCUT2D eigenvalue weighted by Crippen LogP contribution is 2.22. The van der Waals surface area contributed by atoms with Gasteiger partial charge in [-0.15, -0.1) is 0 Å². The van der Waals surface area contributed by atoms with Crippen molar-refractivity contribution < 1.29 is 13.2 Å². The minimum Gasteiger partial charge on any atom is -0.348 e. The van der Waals surface area contributed by atoms with Gasteiger partial charge in [-0.3, -0.25) is 14.6 Å². The third-order valence-corrected chi connectivity index (χ3v) is 7.01. The van der Waals surface area contributed by atoms with Crippen LogP contribution in [0.15, 0.2) is 10.9 Å². The Morgan fingerprint density at radius 2 is 2.04 bits per heavy atom. The second kappa shape index (κ2) is 7.38. The maximum absolute atomic E-state index is 12.3. The van der Waals surface area contributed by atoms with Crippen LogP contribution in [0.4, 0.5) is 5.95 Å². The molecule has 2 aliphatic rings. The Morgan fingerprint density at radius 1 is 1.35 bits per heavy atom. The van der Waals surface area contributed by atoms with Crippen molar-refractivity contribution in [3.8, 4) is 0 Å². The summed E-state index contributed by atoms with van der Waals surface area (Å²) in [6.07, 6.45) is 2.45. The van der Waals surface area contributed by atoms with Gasteiger partial charge >= 0.3 is 0 Å². The highest BCUT2D eigenvalue weighted by molar-refractivity contribution is 7.91. The van der Waals surface area contributed by atoms with Crippen molar-refractivity contribution in [1.82, 2.24) is 15.3 Å². The first-order chi connectivity index (χ1) is 12.2. The number of aromatic nitrogens is 2. The molecule has 1 amide bonds. The van der Waals surface area contributed by atoms with Gasteiger partial charge in [0.2, 0.25) is 11.9 Å². The first-order valence-corrected chi connectivity index (χ1v) is 10.9. The van der Waals surface area contributed by atoms with Crippen molar-refractivity contribution >= 4 is 21.7 Å². The smallest absolute Gasteiger partial charge is 0.252 e. The van der Waals surface area contributed by atoms with Crippen LogP contribution in [-0.2, 0) is 14.6 Å². The van der Waals surface area contributed by atoms with Gasteiger partial charge in [-0.25, -0.2) is 13.4 Å². The Balaban J connectivity index is 1.70. The topological polar surface area (TPSA) is 112 Å². The van der Waals surface area contributed by atoms with Gasteiger partial charge in [-0.2, -0.15) is 0 Å². The highest BCUT2D eigenvalue weighted by Gasteiger charge is 2.33. The zero-order valence-corrected chi connectivity index (χ0v) is 16.0. The zero-order valence-electron chi connectivity index (χ0n) is 15.2. The molecule has 0 spiro atoms. The molecule has 0 radical (unpaired) electrons. The van der Waals surface area contributed by atoms with E-state index in [1.54, 1.807) is 6.92 Å². The van der Waals surface area contributed by atoms with Gasteiger partial charge < -0.3 is 10.2 Å². The second-order valence-corrected chi connectivity index (χ2v) is 9.72. The summed E-state index contributed by atoms with van der Waals surface area (Å²) in [6, 6.07) is 0.919. The molecular formula is C17H26N4O4S. The van der Waals surface area contributed by atoms with E-state index in [4.69, 9.17) is 0 Å². The van der Waals surface area contributed by atoms with Crippen LogP contribution >= 0.6 is 0 Å². The van der Waals surface area contributed by atoms with Crippen LogP contribution in [0.5, 0.6) is 0 Å². The van der Waals surface area contributed by atoms with E-state index in [-0.39, 0.29) is 23.0 Å². The molecule has 3 heterocycles. The molecule has 2 N–H and O–H groups in total. The number of hydrogen-bond acceptors (Lipinski definition) is 6. The SMILES string of the molecule is CC1CCN(c2nc([C@@H](C)NC(=O)[C@@H]3CCS(=O)(=O)C3)cc(=O)[nH]2)CC1. The summed E-state index contributed by atoms with van der Waals surface area (Å²) >= 11 is 0. The molecule has 1 aromatic rings. The number of sulfone groups is 1. The van der Waals surface area contributed by atoms with E-state index >= 15 is 0 Å². The minimum absolute atomic E-state index is 0.0558. The zero-order chi connectivity index (χ0) is 18.9. The van der Waals surface area contributed by atoms with Crippen LogP contribution in [0.3, 0.4) is 0 Å². The normalized spacial score (nSPS) is 24.4. The largest absolute Gasteiger partial charge is 0.348 e. The van der Waals surface area contributed by atoms with E-state index < -0.39 is 21.8 Å². The lowest BCUT2D eigenvalue weighted by atomic mass is 10.00. The molecule has 2 saturated heterocycles. The summed E-state index contributed by atoms with van der Waals surface area (Å²) in [7, 11) is -3.11. The van der Waals surface area contributed by atoms with E-state index in [2.05, 4.69) is 27.1 Å². The number of amides is 1. The lowest BCUT2D eigenvalue weighted by Gasteiger charge is -2.31. The van der Waals surface area contributed by atoms with Crippen molar-refractivity contribution in [2.45, 2.75) is 39.2 Å². The average molecular weight is 382 g/mol. The molecule has 3 rings (SSSR count). The van der Waals surface area contributed by atoms with Gasteiger partial charge in [0, 0.05) is 19.2 Å². The van der Waals surface area contributed by atoms with Crippen LogP contribution in [0.2, 0.25) is 0 Å². The van der Waals surface area contributed by atoms with E-state index in [1.165, 1.54) is 6.07 Å². The molecule has 2 atom stereocenters. The summed E-state index contributed by atoms with van der Waals surface area (Å²) in [6.45, 7) is 5.65. The van der Waals surface area contributed by atoms with Crippen molar-refractivity contribution in [2.24, 2.45) is 11.8 Å². The number of aromatic amines is 1. The summed E-state index contributed by atoms with van der Waals surface area (Å²) < 4.78 is 23.1. The fraction of sp³-hybridized carbons (Fsp3) is 0.706. The van der Waals surface area contributed by atoms with E-state index in [0.29, 0.717) is 24.0 Å². The Hall–Kier alpha value is -1.90. The third-order valence-electron chi connectivity index (χ3n) is 5.24. The first kappa shape index (κ1) is 18.9. The average Bonchev–Trinajstić information content (AvgIpc) is 2.95. The number of rotatable bonds is 4. The van der Waals surface area contributed by atoms with E-state index in [1.807, 2.05) is 0 Å². The number of hydrogen-bond donors (Lipinski definition) is 2. The van der Waals surface area contributed by atoms with Gasteiger partial charge in [-0.05, 0) is 32.1 Å². The maximum atomic E-state index is 12.3. The van der Waals surface area contributed by atoms with Crippen LogP contribution in [0, 0.1) is 11.8 Å². The lowest BCUT2D eigenvalue weighted by Crippen LogP contribution is -2.37. The highest BCUT2D eigenvalue weighted by atomic mass is 32.2. The molecule has 9 heteroatoms. The van der Waals surface area contributed by atoms with Crippen molar-refractivity contribution in [3.63, 3.8) is 0 Å². The summed E-state index contributed by atoms with van der Waals surface area (Å²) in [5.41, 5.74) is 0.227. The third kappa shape index (κ3) is 4.44. The molecule has 2 aliphatic heterocycles. The van der Waals surface area contributed by atoms with Gasteiger partial charge in [0.25, 0.3) is 5.56 Å². The number of carbonyl (C=O) groups is 1. The molecule has 8 nitrogen and oxygen atoms in total. The fourth-order valence-corrected chi connectivity index (χ4v) is 5.20. The lowest BCUT2D eigenvalue weighted by molar-refractivity contribution is -0.124. The number of H-pyrrole nitrogens is 1. The van der Waals surface area contributed by atoms with E-state index in [9.17, 15) is 18.0 Å². The predicted molar refractivity (Wildman–Crippen MR) is 98.8 cm³/mol. The van der Waals surface area contributed by atoms with Gasteiger partial charge in [0.05, 0.1) is 29.2 Å². The standard InChI is InChI=1S/C17H26N4O4S/c1-11-3-6-21(7-4-11)17-19-14(9-15(22)20-17)12(2)18-16(23)13-5-8-26(24,25)10-13/h9,11-13H,3-8,10H2,1-2H3,(H,18,23)(H,19,20,22)/t12-,13-/m1/s1. The molecule has 0 aromatic carbocycles. The van der Waals surface area contributed by atoms with E-state index in [0.717, 1.165) is 25.9 Å². The summed E-state index contributed by atoms with van der Waals surface area (Å²) in [5.74, 6) is 0.332. The molecule has 2 fully saturated rings. The minimum atomic E-state index is -3.11. The number of piperidine rings is 1. The second-order valence-electron chi connectivity index (χ2n) is 7.49. The van der Waals surface area contributed by atoms with Crippen molar-refractivity contribution in [2.75, 3.05) is 29.5 Å². The predicted octanol–water partition coefficient (Wildman–Crippen LogP) is 0.618. The maximum Gasteiger partial charge on any atom is 0.252 e. The number of nitrogens with one attached hydrogen (secondary N) is 2. The fourth-order valence-electron chi connectivity index (χ4n) is 3.46. The molecule has 0 bridgehead atoms. The van der Waals surface area contributed by atoms with Crippen molar-refractivity contribution in [1.29, 1.82) is 0 Å². The Morgan fingerprint density at radius 3 is 2.65 bits per heavy atom. The molecule has 144 valence electrons. The first-order valence-electron chi connectivity index (χ1n) is 9.10. The summed E-state index contributed by atoms with van der Waals surface area (Å²) in [4.78, 5) is 33.7. The van der Waals surface area contributed by atoms with Crippen LogP contribution in [0.25, 0.3) is 0 Å². The van der Waals surface area contributed by atoms with Crippen LogP contribution < -0.4 is 15.8 Å². The Labute approximate surface area is 153 Å². The summed E-state index contributed by atoms with van der Waals surface area (Å²) in [5, 5.41) is 2.80.